The van der Waals surface area contributed by atoms with E-state index in [1.165, 1.54) is 17.8 Å². The summed E-state index contributed by atoms with van der Waals surface area (Å²) in [5.41, 5.74) is 2.46. The van der Waals surface area contributed by atoms with Crippen molar-refractivity contribution in [2.45, 2.75) is 13.3 Å². The van der Waals surface area contributed by atoms with Crippen LogP contribution in [0.1, 0.15) is 13.3 Å². The molecule has 0 bridgehead atoms. The molecule has 0 saturated carbocycles. The van der Waals surface area contributed by atoms with E-state index in [0.717, 1.165) is 19.6 Å². The van der Waals surface area contributed by atoms with Gasteiger partial charge in [0.25, 0.3) is 0 Å². The summed E-state index contributed by atoms with van der Waals surface area (Å²) in [5, 5.41) is 3.39. The molecule has 0 aliphatic carbocycles. The number of nitrogens with zero attached hydrogens (tertiary/aromatic N) is 2. The highest BCUT2D eigenvalue weighted by molar-refractivity contribution is 5.69. The van der Waals surface area contributed by atoms with Gasteiger partial charge in [0, 0.05) is 25.8 Å². The van der Waals surface area contributed by atoms with Crippen LogP contribution in [0.3, 0.4) is 0 Å². The van der Waals surface area contributed by atoms with Crippen molar-refractivity contribution in [2.24, 2.45) is 0 Å². The normalized spacial score (nSPS) is 15.9. The fourth-order valence-corrected chi connectivity index (χ4v) is 1.74. The maximum Gasteiger partial charge on any atom is 0.0764 e. The van der Waals surface area contributed by atoms with Crippen molar-refractivity contribution >= 4 is 11.4 Å². The maximum absolute atomic E-state index is 4.12. The van der Waals surface area contributed by atoms with Gasteiger partial charge in [-0.1, -0.05) is 0 Å². The van der Waals surface area contributed by atoms with E-state index in [1.807, 2.05) is 12.4 Å². The average molecular weight is 177 g/mol. The van der Waals surface area contributed by atoms with Crippen LogP contribution in [0.2, 0.25) is 0 Å². The first-order valence-electron chi connectivity index (χ1n) is 4.84. The average Bonchev–Trinajstić information content (AvgIpc) is 2.39. The van der Waals surface area contributed by atoms with Crippen molar-refractivity contribution < 1.29 is 0 Å². The van der Waals surface area contributed by atoms with E-state index in [9.17, 15) is 0 Å². The molecular weight excluding hydrogens is 162 g/mol. The van der Waals surface area contributed by atoms with Crippen molar-refractivity contribution in [1.82, 2.24) is 4.98 Å². The van der Waals surface area contributed by atoms with Gasteiger partial charge in [-0.25, -0.2) is 0 Å². The topological polar surface area (TPSA) is 28.2 Å². The molecule has 1 aromatic rings. The molecule has 1 aliphatic rings. The van der Waals surface area contributed by atoms with Crippen molar-refractivity contribution in [3.8, 4) is 0 Å². The molecule has 0 unspecified atom stereocenters. The van der Waals surface area contributed by atoms with Crippen molar-refractivity contribution in [2.75, 3.05) is 29.9 Å². The Bertz CT molecular complexity index is 285. The molecule has 1 aromatic heterocycles. The molecular formula is C10H15N3. The third-order valence-corrected chi connectivity index (χ3v) is 2.44. The first kappa shape index (κ1) is 8.35. The Hall–Kier alpha value is -1.25. The van der Waals surface area contributed by atoms with Gasteiger partial charge in [-0.3, -0.25) is 4.98 Å². The van der Waals surface area contributed by atoms with Gasteiger partial charge in [0.15, 0.2) is 0 Å². The molecule has 0 amide bonds. The van der Waals surface area contributed by atoms with Crippen molar-refractivity contribution in [1.29, 1.82) is 0 Å². The van der Waals surface area contributed by atoms with Crippen LogP contribution in [0, 0.1) is 0 Å². The zero-order valence-corrected chi connectivity index (χ0v) is 7.95. The number of fused-ring (bicyclic) bond motifs is 1. The van der Waals surface area contributed by atoms with Crippen LogP contribution >= 0.6 is 0 Å². The third kappa shape index (κ3) is 1.59. The van der Waals surface area contributed by atoms with Crippen LogP contribution in [0.15, 0.2) is 18.5 Å². The molecule has 2 heterocycles. The molecule has 0 aromatic carbocycles. The van der Waals surface area contributed by atoms with E-state index in [-0.39, 0.29) is 0 Å². The van der Waals surface area contributed by atoms with E-state index >= 15 is 0 Å². The number of nitrogens with one attached hydrogen (secondary N) is 1. The molecule has 0 radical (unpaired) electrons. The van der Waals surface area contributed by atoms with Gasteiger partial charge in [0.2, 0.25) is 0 Å². The lowest BCUT2D eigenvalue weighted by atomic mass is 10.3. The lowest BCUT2D eigenvalue weighted by Gasteiger charge is -2.21. The molecule has 2 rings (SSSR count). The van der Waals surface area contributed by atoms with Crippen LogP contribution in [-0.4, -0.2) is 24.6 Å². The van der Waals surface area contributed by atoms with E-state index in [4.69, 9.17) is 0 Å². The Balaban J connectivity index is 2.35. The molecule has 0 fully saturated rings. The summed E-state index contributed by atoms with van der Waals surface area (Å²) < 4.78 is 0. The number of pyridine rings is 1. The van der Waals surface area contributed by atoms with Gasteiger partial charge in [-0.15, -0.1) is 0 Å². The SMILES string of the molecule is CCN1CCCNc2cnccc21. The summed E-state index contributed by atoms with van der Waals surface area (Å²) in [6.07, 6.45) is 4.96. The Morgan fingerprint density at radius 2 is 2.54 bits per heavy atom. The largest absolute Gasteiger partial charge is 0.382 e. The molecule has 1 N–H and O–H groups in total. The Morgan fingerprint density at radius 3 is 3.38 bits per heavy atom. The highest BCUT2D eigenvalue weighted by Gasteiger charge is 2.12. The molecule has 0 atom stereocenters. The second-order valence-electron chi connectivity index (χ2n) is 3.25. The summed E-state index contributed by atoms with van der Waals surface area (Å²) in [4.78, 5) is 6.51. The molecule has 70 valence electrons. The zero-order chi connectivity index (χ0) is 9.10. The first-order valence-corrected chi connectivity index (χ1v) is 4.84. The Kier molecular flexibility index (Phi) is 2.34. The summed E-state index contributed by atoms with van der Waals surface area (Å²) in [6.45, 7) is 5.45. The van der Waals surface area contributed by atoms with Gasteiger partial charge >= 0.3 is 0 Å². The quantitative estimate of drug-likeness (QED) is 0.708. The second kappa shape index (κ2) is 3.64. The monoisotopic (exact) mass is 177 g/mol. The van der Waals surface area contributed by atoms with Crippen LogP contribution < -0.4 is 10.2 Å². The van der Waals surface area contributed by atoms with Gasteiger partial charge in [0.05, 0.1) is 17.6 Å². The van der Waals surface area contributed by atoms with Crippen LogP contribution in [-0.2, 0) is 0 Å². The third-order valence-electron chi connectivity index (χ3n) is 2.44. The standard InChI is InChI=1S/C10H15N3/c1-2-13-7-3-5-12-9-8-11-6-4-10(9)13/h4,6,8,12H,2-3,5,7H2,1H3. The zero-order valence-electron chi connectivity index (χ0n) is 7.95. The van der Waals surface area contributed by atoms with Crippen LogP contribution in [0.4, 0.5) is 11.4 Å². The van der Waals surface area contributed by atoms with E-state index in [2.05, 4.69) is 28.2 Å². The Morgan fingerprint density at radius 1 is 1.62 bits per heavy atom. The lowest BCUT2D eigenvalue weighted by molar-refractivity contribution is 0.786. The highest BCUT2D eigenvalue weighted by Crippen LogP contribution is 2.26. The van der Waals surface area contributed by atoms with Gasteiger partial charge in [-0.05, 0) is 19.4 Å². The number of anilines is 2. The van der Waals surface area contributed by atoms with Crippen LogP contribution in [0.25, 0.3) is 0 Å². The van der Waals surface area contributed by atoms with Gasteiger partial charge < -0.3 is 10.2 Å². The second-order valence-corrected chi connectivity index (χ2v) is 3.25. The number of rotatable bonds is 1. The fraction of sp³-hybridized carbons (Fsp3) is 0.500. The lowest BCUT2D eigenvalue weighted by Crippen LogP contribution is -2.23. The van der Waals surface area contributed by atoms with Crippen LogP contribution in [0.5, 0.6) is 0 Å². The minimum Gasteiger partial charge on any atom is -0.382 e. The number of aromatic nitrogens is 1. The maximum atomic E-state index is 4.12. The van der Waals surface area contributed by atoms with E-state index in [1.54, 1.807) is 0 Å². The molecule has 13 heavy (non-hydrogen) atoms. The Labute approximate surface area is 78.8 Å². The fourth-order valence-electron chi connectivity index (χ4n) is 1.74. The number of hydrogen-bond donors (Lipinski definition) is 1. The van der Waals surface area contributed by atoms with E-state index < -0.39 is 0 Å². The summed E-state index contributed by atoms with van der Waals surface area (Å²) in [5.74, 6) is 0. The summed E-state index contributed by atoms with van der Waals surface area (Å²) in [6, 6.07) is 2.08. The van der Waals surface area contributed by atoms with E-state index in [0.29, 0.717) is 0 Å². The minimum atomic E-state index is 1.05. The molecule has 0 spiro atoms. The predicted octanol–water partition coefficient (Wildman–Crippen LogP) is 1.72. The smallest absolute Gasteiger partial charge is 0.0764 e. The molecule has 0 saturated heterocycles. The number of hydrogen-bond acceptors (Lipinski definition) is 3. The molecule has 3 nitrogen and oxygen atoms in total. The van der Waals surface area contributed by atoms with Crippen molar-refractivity contribution in [3.05, 3.63) is 18.5 Å². The summed E-state index contributed by atoms with van der Waals surface area (Å²) in [7, 11) is 0. The molecule has 1 aliphatic heterocycles. The van der Waals surface area contributed by atoms with Gasteiger partial charge in [0.1, 0.15) is 0 Å². The van der Waals surface area contributed by atoms with Crippen molar-refractivity contribution in [3.63, 3.8) is 0 Å². The van der Waals surface area contributed by atoms with Gasteiger partial charge in [-0.2, -0.15) is 0 Å². The minimum absolute atomic E-state index is 1.05. The summed E-state index contributed by atoms with van der Waals surface area (Å²) >= 11 is 0. The predicted molar refractivity (Wildman–Crippen MR) is 55.2 cm³/mol. The first-order chi connectivity index (χ1) is 6.42. The molecule has 3 heteroatoms. The highest BCUT2D eigenvalue weighted by atomic mass is 15.2.